The Hall–Kier alpha value is -3.35. The minimum Gasteiger partial charge on any atom is -0.481 e. The normalized spacial score (nSPS) is 19.5. The molecule has 2 aliphatic carbocycles. The van der Waals surface area contributed by atoms with E-state index in [1.165, 1.54) is 22.3 Å². The standard InChI is InChI=1S/C28H34N2O5/c1-18(10-13-26(31)30-20-12-11-19(14-20)15-27(32)33)16-29-28(34)35-17-25-23-8-4-2-6-21(23)22-7-3-5-9-24(22)25/h2-9,18-20,25H,10-17H2,1H3,(H,29,34)(H,30,31)(H,32,33). The summed E-state index contributed by atoms with van der Waals surface area (Å²) in [4.78, 5) is 35.5. The summed E-state index contributed by atoms with van der Waals surface area (Å²) < 4.78 is 5.57. The average molecular weight is 479 g/mol. The third kappa shape index (κ3) is 6.41. The van der Waals surface area contributed by atoms with Crippen LogP contribution >= 0.6 is 0 Å². The Morgan fingerprint density at radius 3 is 2.34 bits per heavy atom. The Morgan fingerprint density at radius 2 is 1.69 bits per heavy atom. The lowest BCUT2D eigenvalue weighted by molar-refractivity contribution is -0.138. The van der Waals surface area contributed by atoms with Crippen LogP contribution in [0.3, 0.4) is 0 Å². The smallest absolute Gasteiger partial charge is 0.407 e. The number of carbonyl (C=O) groups is 3. The summed E-state index contributed by atoms with van der Waals surface area (Å²) in [6, 6.07) is 16.5. The molecule has 3 N–H and O–H groups in total. The molecule has 1 saturated carbocycles. The maximum Gasteiger partial charge on any atom is 0.407 e. The summed E-state index contributed by atoms with van der Waals surface area (Å²) in [7, 11) is 0. The van der Waals surface area contributed by atoms with Crippen LogP contribution in [0.1, 0.15) is 62.5 Å². The quantitative estimate of drug-likeness (QED) is 0.459. The molecule has 4 rings (SSSR count). The number of nitrogens with one attached hydrogen (secondary N) is 2. The van der Waals surface area contributed by atoms with E-state index in [4.69, 9.17) is 9.84 Å². The van der Waals surface area contributed by atoms with Crippen LogP contribution in [0.4, 0.5) is 4.79 Å². The van der Waals surface area contributed by atoms with Crippen molar-refractivity contribution >= 4 is 18.0 Å². The molecule has 0 spiro atoms. The zero-order valence-corrected chi connectivity index (χ0v) is 20.2. The van der Waals surface area contributed by atoms with Gasteiger partial charge in [-0.25, -0.2) is 4.79 Å². The summed E-state index contributed by atoms with van der Waals surface area (Å²) in [6.07, 6.45) is 3.18. The molecule has 7 nitrogen and oxygen atoms in total. The van der Waals surface area contributed by atoms with Gasteiger partial charge in [0.15, 0.2) is 0 Å². The van der Waals surface area contributed by atoms with Gasteiger partial charge in [-0.1, -0.05) is 55.5 Å². The summed E-state index contributed by atoms with van der Waals surface area (Å²) in [6.45, 7) is 2.71. The second kappa shape index (κ2) is 11.4. The van der Waals surface area contributed by atoms with Crippen LogP contribution in [0.5, 0.6) is 0 Å². The first-order valence-electron chi connectivity index (χ1n) is 12.5. The van der Waals surface area contributed by atoms with E-state index in [1.807, 2.05) is 31.2 Å². The Balaban J connectivity index is 1.15. The Labute approximate surface area is 206 Å². The topological polar surface area (TPSA) is 105 Å². The monoisotopic (exact) mass is 478 g/mol. The zero-order chi connectivity index (χ0) is 24.8. The number of amides is 2. The molecule has 0 heterocycles. The predicted octanol–water partition coefficient (Wildman–Crippen LogP) is 4.70. The second-order valence-corrected chi connectivity index (χ2v) is 9.89. The van der Waals surface area contributed by atoms with Gasteiger partial charge < -0.3 is 20.5 Å². The van der Waals surface area contributed by atoms with E-state index >= 15 is 0 Å². The summed E-state index contributed by atoms with van der Waals surface area (Å²) in [5, 5.41) is 14.8. The number of aliphatic carboxylic acids is 1. The van der Waals surface area contributed by atoms with Crippen LogP contribution in [0, 0.1) is 11.8 Å². The first-order chi connectivity index (χ1) is 16.9. The van der Waals surface area contributed by atoms with Crippen molar-refractivity contribution in [3.63, 3.8) is 0 Å². The highest BCUT2D eigenvalue weighted by Crippen LogP contribution is 2.44. The van der Waals surface area contributed by atoms with E-state index in [0.29, 0.717) is 19.4 Å². The maximum absolute atomic E-state index is 12.3. The highest BCUT2D eigenvalue weighted by atomic mass is 16.5. The van der Waals surface area contributed by atoms with Gasteiger partial charge in [0.05, 0.1) is 0 Å². The molecular weight excluding hydrogens is 444 g/mol. The van der Waals surface area contributed by atoms with Crippen molar-refractivity contribution in [3.8, 4) is 11.1 Å². The first-order valence-corrected chi connectivity index (χ1v) is 12.5. The van der Waals surface area contributed by atoms with Gasteiger partial charge in [-0.3, -0.25) is 9.59 Å². The molecular formula is C28H34N2O5. The molecule has 2 aromatic carbocycles. The molecule has 0 radical (unpaired) electrons. The van der Waals surface area contributed by atoms with Crippen LogP contribution in [0.2, 0.25) is 0 Å². The number of rotatable bonds is 10. The molecule has 2 aromatic rings. The fraction of sp³-hybridized carbons (Fsp3) is 0.464. The fourth-order valence-corrected chi connectivity index (χ4v) is 5.32. The maximum atomic E-state index is 12.3. The fourth-order valence-electron chi connectivity index (χ4n) is 5.32. The first kappa shape index (κ1) is 24.8. The van der Waals surface area contributed by atoms with Crippen LogP contribution in [-0.2, 0) is 14.3 Å². The predicted molar refractivity (Wildman–Crippen MR) is 133 cm³/mol. The van der Waals surface area contributed by atoms with Crippen molar-refractivity contribution in [2.45, 2.75) is 57.4 Å². The third-order valence-electron chi connectivity index (χ3n) is 7.17. The van der Waals surface area contributed by atoms with Crippen molar-refractivity contribution in [1.82, 2.24) is 10.6 Å². The molecule has 35 heavy (non-hydrogen) atoms. The lowest BCUT2D eigenvalue weighted by Crippen LogP contribution is -2.34. The number of benzene rings is 2. The summed E-state index contributed by atoms with van der Waals surface area (Å²) in [5.41, 5.74) is 4.74. The van der Waals surface area contributed by atoms with E-state index in [2.05, 4.69) is 34.9 Å². The number of carboxylic acids is 1. The van der Waals surface area contributed by atoms with Crippen LogP contribution in [-0.4, -0.2) is 42.3 Å². The highest BCUT2D eigenvalue weighted by Gasteiger charge is 2.29. The molecule has 7 heteroatoms. The van der Waals surface area contributed by atoms with E-state index in [9.17, 15) is 14.4 Å². The van der Waals surface area contributed by atoms with Gasteiger partial charge in [0.1, 0.15) is 6.61 Å². The average Bonchev–Trinajstić information content (AvgIpc) is 3.41. The molecule has 0 saturated heterocycles. The number of fused-ring (bicyclic) bond motifs is 3. The molecule has 0 bridgehead atoms. The lowest BCUT2D eigenvalue weighted by atomic mass is 9.98. The largest absolute Gasteiger partial charge is 0.481 e. The minimum atomic E-state index is -0.778. The van der Waals surface area contributed by atoms with Crippen LogP contribution < -0.4 is 10.6 Å². The van der Waals surface area contributed by atoms with E-state index in [1.54, 1.807) is 0 Å². The van der Waals surface area contributed by atoms with Gasteiger partial charge in [0.25, 0.3) is 0 Å². The highest BCUT2D eigenvalue weighted by molar-refractivity contribution is 5.79. The molecule has 0 aromatic heterocycles. The SMILES string of the molecule is CC(CCC(=O)NC1CCC(CC(=O)O)C1)CNC(=O)OCC1c2ccccc2-c2ccccc21. The van der Waals surface area contributed by atoms with Crippen molar-refractivity contribution in [2.24, 2.45) is 11.8 Å². The minimum absolute atomic E-state index is 0.0148. The van der Waals surface area contributed by atoms with Gasteiger partial charge in [-0.05, 0) is 59.8 Å². The van der Waals surface area contributed by atoms with Gasteiger partial charge >= 0.3 is 12.1 Å². The van der Waals surface area contributed by atoms with E-state index < -0.39 is 12.1 Å². The number of carbonyl (C=O) groups excluding carboxylic acids is 2. The van der Waals surface area contributed by atoms with Gasteiger partial charge in [0, 0.05) is 31.3 Å². The molecule has 2 amide bonds. The molecule has 2 aliphatic rings. The van der Waals surface area contributed by atoms with Crippen molar-refractivity contribution in [3.05, 3.63) is 59.7 Å². The number of hydrogen-bond acceptors (Lipinski definition) is 4. The zero-order valence-electron chi connectivity index (χ0n) is 20.2. The van der Waals surface area contributed by atoms with E-state index in [0.717, 1.165) is 19.3 Å². The molecule has 186 valence electrons. The Bertz CT molecular complexity index is 1020. The number of hydrogen-bond donors (Lipinski definition) is 3. The lowest BCUT2D eigenvalue weighted by Gasteiger charge is -2.17. The van der Waals surface area contributed by atoms with Crippen LogP contribution in [0.25, 0.3) is 11.1 Å². The second-order valence-electron chi connectivity index (χ2n) is 9.89. The Morgan fingerprint density at radius 1 is 1.03 bits per heavy atom. The third-order valence-corrected chi connectivity index (χ3v) is 7.17. The summed E-state index contributed by atoms with van der Waals surface area (Å²) in [5.74, 6) is -0.485. The van der Waals surface area contributed by atoms with Gasteiger partial charge in [-0.2, -0.15) is 0 Å². The molecule has 3 atom stereocenters. The van der Waals surface area contributed by atoms with Crippen LogP contribution in [0.15, 0.2) is 48.5 Å². The molecule has 1 fully saturated rings. The Kier molecular flexibility index (Phi) is 8.06. The molecule has 0 aliphatic heterocycles. The van der Waals surface area contributed by atoms with Crippen molar-refractivity contribution in [2.75, 3.05) is 13.2 Å². The summed E-state index contributed by atoms with van der Waals surface area (Å²) >= 11 is 0. The van der Waals surface area contributed by atoms with Gasteiger partial charge in [-0.15, -0.1) is 0 Å². The number of ether oxygens (including phenoxy) is 1. The van der Waals surface area contributed by atoms with Crippen molar-refractivity contribution < 1.29 is 24.2 Å². The number of carboxylic acid groups (broad SMARTS) is 1. The number of alkyl carbamates (subject to hydrolysis) is 1. The van der Waals surface area contributed by atoms with Crippen molar-refractivity contribution in [1.29, 1.82) is 0 Å². The van der Waals surface area contributed by atoms with Gasteiger partial charge in [0.2, 0.25) is 5.91 Å². The van der Waals surface area contributed by atoms with E-state index in [-0.39, 0.29) is 42.7 Å². The molecule has 3 unspecified atom stereocenters.